The summed E-state index contributed by atoms with van der Waals surface area (Å²) < 4.78 is 56.8. The van der Waals surface area contributed by atoms with Gasteiger partial charge in [-0.15, -0.1) is 0 Å². The minimum Gasteiger partial charge on any atom is -0.491 e. The number of rotatable bonds is 4. The first-order valence-corrected chi connectivity index (χ1v) is 8.70. The highest BCUT2D eigenvalue weighted by atomic mass is 32.2. The zero-order valence-corrected chi connectivity index (χ0v) is 13.9. The van der Waals surface area contributed by atoms with E-state index >= 15 is 0 Å². The molecule has 0 aliphatic rings. The smallest absolute Gasteiger partial charge is 0.238 e. The predicted molar refractivity (Wildman–Crippen MR) is 89.0 cm³/mol. The van der Waals surface area contributed by atoms with Gasteiger partial charge < -0.3 is 9.30 Å². The van der Waals surface area contributed by atoms with Crippen molar-refractivity contribution >= 4 is 10.0 Å². The fourth-order valence-corrected chi connectivity index (χ4v) is 3.05. The topological polar surface area (TPSA) is 74.3 Å². The van der Waals surface area contributed by atoms with E-state index in [-0.39, 0.29) is 10.6 Å². The van der Waals surface area contributed by atoms with Crippen LogP contribution in [0.5, 0.6) is 5.75 Å². The summed E-state index contributed by atoms with van der Waals surface area (Å²) in [4.78, 5) is -0.0177. The molecule has 0 atom stereocenters. The zero-order chi connectivity index (χ0) is 18.2. The third-order valence-corrected chi connectivity index (χ3v) is 4.62. The third kappa shape index (κ3) is 3.26. The van der Waals surface area contributed by atoms with Crippen LogP contribution in [-0.2, 0) is 10.0 Å². The van der Waals surface area contributed by atoms with Crippen LogP contribution in [0.15, 0.2) is 59.6 Å². The quantitative estimate of drug-likeness (QED) is 0.773. The van der Waals surface area contributed by atoms with Gasteiger partial charge in [0, 0.05) is 18.3 Å². The van der Waals surface area contributed by atoms with Crippen LogP contribution < -0.4 is 9.88 Å². The lowest BCUT2D eigenvalue weighted by Crippen LogP contribution is -2.11. The first-order chi connectivity index (χ1) is 11.8. The van der Waals surface area contributed by atoms with E-state index in [1.807, 2.05) is 0 Å². The Labute approximate surface area is 143 Å². The lowest BCUT2D eigenvalue weighted by atomic mass is 10.1. The van der Waals surface area contributed by atoms with Crippen molar-refractivity contribution in [3.05, 3.63) is 66.4 Å². The molecule has 3 aromatic rings. The number of benzene rings is 2. The maximum absolute atomic E-state index is 14.0. The average Bonchev–Trinajstić information content (AvgIpc) is 3.03. The number of halogens is 2. The van der Waals surface area contributed by atoms with E-state index in [0.29, 0.717) is 11.3 Å². The van der Waals surface area contributed by atoms with Gasteiger partial charge in [0.2, 0.25) is 10.0 Å². The highest BCUT2D eigenvalue weighted by Gasteiger charge is 2.15. The van der Waals surface area contributed by atoms with Crippen LogP contribution in [0.4, 0.5) is 8.78 Å². The van der Waals surface area contributed by atoms with Crippen molar-refractivity contribution < 1.29 is 21.9 Å². The number of methoxy groups -OCH3 is 1. The van der Waals surface area contributed by atoms with Crippen LogP contribution in [-0.4, -0.2) is 20.1 Å². The van der Waals surface area contributed by atoms with Gasteiger partial charge in [-0.05, 0) is 29.8 Å². The molecule has 0 unspecified atom stereocenters. The molecule has 130 valence electrons. The summed E-state index contributed by atoms with van der Waals surface area (Å²) in [6.45, 7) is 0. The fraction of sp³-hybridized carbons (Fsp3) is 0.0588. The van der Waals surface area contributed by atoms with Gasteiger partial charge in [-0.3, -0.25) is 0 Å². The number of hydrogen-bond donors (Lipinski definition) is 1. The Hall–Kier alpha value is -2.71. The van der Waals surface area contributed by atoms with E-state index in [1.54, 1.807) is 35.0 Å². The summed E-state index contributed by atoms with van der Waals surface area (Å²) in [7, 11) is -2.60. The second-order valence-corrected chi connectivity index (χ2v) is 6.84. The van der Waals surface area contributed by atoms with Crippen molar-refractivity contribution in [3.8, 4) is 22.7 Å². The van der Waals surface area contributed by atoms with E-state index in [4.69, 9.17) is 5.14 Å². The number of sulfonamides is 1. The Morgan fingerprint density at radius 1 is 1.04 bits per heavy atom. The molecule has 0 spiro atoms. The standard InChI is InChI=1S/C17H14F2N2O3S/c1-24-17-14(18)9-12(10-15(17)19)21-8-2-3-16(21)11-4-6-13(7-5-11)25(20,22)23/h2-10H,1H3,(H2,20,22,23). The zero-order valence-electron chi connectivity index (χ0n) is 13.1. The highest BCUT2D eigenvalue weighted by molar-refractivity contribution is 7.89. The molecule has 0 saturated carbocycles. The van der Waals surface area contributed by atoms with Gasteiger partial charge in [-0.25, -0.2) is 22.3 Å². The highest BCUT2D eigenvalue weighted by Crippen LogP contribution is 2.29. The predicted octanol–water partition coefficient (Wildman–Crippen LogP) is 3.08. The summed E-state index contributed by atoms with van der Waals surface area (Å²) in [6, 6.07) is 11.7. The number of aromatic nitrogens is 1. The van der Waals surface area contributed by atoms with Gasteiger partial charge in [0.1, 0.15) is 0 Å². The number of nitrogens with two attached hydrogens (primary N) is 1. The van der Waals surface area contributed by atoms with E-state index in [2.05, 4.69) is 4.74 Å². The van der Waals surface area contributed by atoms with Crippen molar-refractivity contribution in [2.75, 3.05) is 7.11 Å². The van der Waals surface area contributed by atoms with Crippen LogP contribution in [0.1, 0.15) is 0 Å². The SMILES string of the molecule is COc1c(F)cc(-n2cccc2-c2ccc(S(N)(=O)=O)cc2)cc1F. The minimum atomic E-state index is -3.79. The third-order valence-electron chi connectivity index (χ3n) is 3.69. The fourth-order valence-electron chi connectivity index (χ4n) is 2.54. The molecule has 0 fully saturated rings. The molecule has 2 N–H and O–H groups in total. The van der Waals surface area contributed by atoms with E-state index < -0.39 is 27.4 Å². The molecule has 8 heteroatoms. The maximum atomic E-state index is 14.0. The Kier molecular flexibility index (Phi) is 4.32. The molecule has 3 rings (SSSR count). The van der Waals surface area contributed by atoms with Crippen molar-refractivity contribution in [2.24, 2.45) is 5.14 Å². The van der Waals surface area contributed by atoms with Crippen LogP contribution in [0.25, 0.3) is 16.9 Å². The number of nitrogens with zero attached hydrogens (tertiary/aromatic N) is 1. The van der Waals surface area contributed by atoms with Crippen LogP contribution in [0.3, 0.4) is 0 Å². The van der Waals surface area contributed by atoms with Gasteiger partial charge in [0.25, 0.3) is 0 Å². The molecule has 0 radical (unpaired) electrons. The monoisotopic (exact) mass is 364 g/mol. The second-order valence-electron chi connectivity index (χ2n) is 5.28. The molecule has 0 aliphatic heterocycles. The maximum Gasteiger partial charge on any atom is 0.238 e. The first-order valence-electron chi connectivity index (χ1n) is 7.15. The molecule has 5 nitrogen and oxygen atoms in total. The van der Waals surface area contributed by atoms with Crippen molar-refractivity contribution in [1.82, 2.24) is 4.57 Å². The normalized spacial score (nSPS) is 11.5. The molecule has 1 heterocycles. The average molecular weight is 364 g/mol. The molecule has 1 aromatic heterocycles. The van der Waals surface area contributed by atoms with E-state index in [9.17, 15) is 17.2 Å². The van der Waals surface area contributed by atoms with Crippen molar-refractivity contribution in [1.29, 1.82) is 0 Å². The van der Waals surface area contributed by atoms with E-state index in [1.165, 1.54) is 19.2 Å². The Bertz CT molecular complexity index is 1010. The molecule has 0 saturated heterocycles. The van der Waals surface area contributed by atoms with Gasteiger partial charge >= 0.3 is 0 Å². The summed E-state index contributed by atoms with van der Waals surface area (Å²) in [5.41, 5.74) is 1.56. The number of hydrogen-bond acceptors (Lipinski definition) is 3. The molecule has 0 bridgehead atoms. The van der Waals surface area contributed by atoms with E-state index in [0.717, 1.165) is 12.1 Å². The lowest BCUT2D eigenvalue weighted by Gasteiger charge is -2.12. The summed E-state index contributed by atoms with van der Waals surface area (Å²) in [5.74, 6) is -2.08. The number of ether oxygens (including phenoxy) is 1. The van der Waals surface area contributed by atoms with Crippen LogP contribution >= 0.6 is 0 Å². The summed E-state index contributed by atoms with van der Waals surface area (Å²) in [5, 5.41) is 5.08. The molecular weight excluding hydrogens is 350 g/mol. The molecule has 2 aromatic carbocycles. The number of primary sulfonamides is 1. The first kappa shape index (κ1) is 17.1. The van der Waals surface area contributed by atoms with Crippen molar-refractivity contribution in [3.63, 3.8) is 0 Å². The Morgan fingerprint density at radius 3 is 2.16 bits per heavy atom. The molecule has 0 amide bonds. The van der Waals surface area contributed by atoms with Gasteiger partial charge in [0.05, 0.1) is 23.4 Å². The van der Waals surface area contributed by atoms with Crippen LogP contribution in [0, 0.1) is 11.6 Å². The summed E-state index contributed by atoms with van der Waals surface area (Å²) in [6.07, 6.45) is 1.64. The van der Waals surface area contributed by atoms with Gasteiger partial charge in [-0.1, -0.05) is 12.1 Å². The largest absolute Gasteiger partial charge is 0.491 e. The lowest BCUT2D eigenvalue weighted by molar-refractivity contribution is 0.359. The van der Waals surface area contributed by atoms with Gasteiger partial charge in [0.15, 0.2) is 17.4 Å². The Balaban J connectivity index is 2.07. The molecule has 0 aliphatic carbocycles. The van der Waals surface area contributed by atoms with Crippen LogP contribution in [0.2, 0.25) is 0 Å². The second kappa shape index (κ2) is 6.30. The minimum absolute atomic E-state index is 0.0177. The Morgan fingerprint density at radius 2 is 1.64 bits per heavy atom. The molecular formula is C17H14F2N2O3S. The van der Waals surface area contributed by atoms with Gasteiger partial charge in [-0.2, -0.15) is 0 Å². The molecule has 25 heavy (non-hydrogen) atoms. The summed E-state index contributed by atoms with van der Waals surface area (Å²) >= 11 is 0. The van der Waals surface area contributed by atoms with Crippen molar-refractivity contribution in [2.45, 2.75) is 4.90 Å².